The van der Waals surface area contributed by atoms with Crippen molar-refractivity contribution >= 4 is 17.6 Å². The van der Waals surface area contributed by atoms with Gasteiger partial charge >= 0.3 is 5.97 Å². The van der Waals surface area contributed by atoms with Crippen molar-refractivity contribution in [2.45, 2.75) is 19.3 Å². The van der Waals surface area contributed by atoms with Crippen LogP contribution in [0.5, 0.6) is 0 Å². The maximum Gasteiger partial charge on any atom is 0.338 e. The third-order valence-electron chi connectivity index (χ3n) is 5.28. The summed E-state index contributed by atoms with van der Waals surface area (Å²) in [6, 6.07) is 17.6. The number of carbonyl (C=O) groups excluding carboxylic acids is 2. The molecule has 1 aliphatic rings. The first-order valence-electron chi connectivity index (χ1n) is 9.79. The van der Waals surface area contributed by atoms with Crippen LogP contribution < -0.4 is 4.90 Å². The van der Waals surface area contributed by atoms with E-state index in [2.05, 4.69) is 24.3 Å². The van der Waals surface area contributed by atoms with E-state index >= 15 is 0 Å². The van der Waals surface area contributed by atoms with Crippen LogP contribution >= 0.6 is 0 Å². The maximum absolute atomic E-state index is 12.4. The molecule has 0 aliphatic carbocycles. The minimum absolute atomic E-state index is 0.114. The smallest absolute Gasteiger partial charge is 0.338 e. The van der Waals surface area contributed by atoms with E-state index < -0.39 is 5.97 Å². The molecule has 5 heteroatoms. The van der Waals surface area contributed by atoms with Gasteiger partial charge in [-0.1, -0.05) is 30.3 Å². The molecule has 5 nitrogen and oxygen atoms in total. The molecule has 148 valence electrons. The largest absolute Gasteiger partial charge is 0.452 e. The normalized spacial score (nSPS) is 14.6. The summed E-state index contributed by atoms with van der Waals surface area (Å²) in [5.74, 6) is 0.0262. The molecule has 0 atom stereocenters. The number of hydrogen-bond donors (Lipinski definition) is 0. The Labute approximate surface area is 166 Å². The van der Waals surface area contributed by atoms with Crippen LogP contribution in [0.25, 0.3) is 0 Å². The van der Waals surface area contributed by atoms with Crippen LogP contribution in [0.1, 0.15) is 28.8 Å². The highest BCUT2D eigenvalue weighted by Gasteiger charge is 2.23. The number of rotatable bonds is 6. The van der Waals surface area contributed by atoms with E-state index in [-0.39, 0.29) is 12.5 Å². The fraction of sp³-hybridized carbons (Fsp3) is 0.391. The number of nitrogens with zero attached hydrogens (tertiary/aromatic N) is 2. The Hall–Kier alpha value is -2.82. The predicted molar refractivity (Wildman–Crippen MR) is 111 cm³/mol. The highest BCUT2D eigenvalue weighted by molar-refractivity contribution is 5.91. The van der Waals surface area contributed by atoms with Crippen LogP contribution in [0.15, 0.2) is 54.6 Å². The zero-order chi connectivity index (χ0) is 19.9. The summed E-state index contributed by atoms with van der Waals surface area (Å²) >= 11 is 0. The van der Waals surface area contributed by atoms with Crippen LogP contribution in [0.3, 0.4) is 0 Å². The van der Waals surface area contributed by atoms with Crippen molar-refractivity contribution in [2.75, 3.05) is 38.7 Å². The molecule has 1 heterocycles. The van der Waals surface area contributed by atoms with Crippen LogP contribution in [0.4, 0.5) is 5.69 Å². The van der Waals surface area contributed by atoms with Crippen LogP contribution in [0.2, 0.25) is 0 Å². The van der Waals surface area contributed by atoms with E-state index in [4.69, 9.17) is 4.74 Å². The number of esters is 1. The molecule has 2 aromatic rings. The molecule has 0 N–H and O–H groups in total. The maximum atomic E-state index is 12.4. The Kier molecular flexibility index (Phi) is 6.69. The highest BCUT2D eigenvalue weighted by atomic mass is 16.5. The van der Waals surface area contributed by atoms with Gasteiger partial charge in [0.25, 0.3) is 5.91 Å². The fourth-order valence-electron chi connectivity index (χ4n) is 3.53. The second-order valence-corrected chi connectivity index (χ2v) is 7.53. The Morgan fingerprint density at radius 2 is 1.64 bits per heavy atom. The summed E-state index contributed by atoms with van der Waals surface area (Å²) in [5, 5.41) is 0. The average Bonchev–Trinajstić information content (AvgIpc) is 2.73. The number of benzene rings is 2. The topological polar surface area (TPSA) is 49.9 Å². The van der Waals surface area contributed by atoms with Gasteiger partial charge in [-0.25, -0.2) is 4.79 Å². The standard InChI is InChI=1S/C23H28N2O3/c1-24(2)21-10-8-20(9-11-21)23(27)28-17-22(26)25-14-12-19(13-15-25)16-18-6-4-3-5-7-18/h3-11,19H,12-17H2,1-2H3. The van der Waals surface area contributed by atoms with Gasteiger partial charge in [-0.15, -0.1) is 0 Å². The lowest BCUT2D eigenvalue weighted by Crippen LogP contribution is -2.41. The third kappa shape index (κ3) is 5.35. The molecule has 0 aromatic heterocycles. The second kappa shape index (κ2) is 9.40. The molecule has 28 heavy (non-hydrogen) atoms. The molecule has 1 amide bonds. The van der Waals surface area contributed by atoms with Gasteiger partial charge in [0, 0.05) is 32.9 Å². The lowest BCUT2D eigenvalue weighted by Gasteiger charge is -2.32. The zero-order valence-corrected chi connectivity index (χ0v) is 16.6. The Morgan fingerprint density at radius 3 is 2.25 bits per heavy atom. The number of anilines is 1. The first-order valence-corrected chi connectivity index (χ1v) is 9.79. The van der Waals surface area contributed by atoms with E-state index in [0.29, 0.717) is 11.5 Å². The molecular weight excluding hydrogens is 352 g/mol. The van der Waals surface area contributed by atoms with Gasteiger partial charge in [0.15, 0.2) is 6.61 Å². The van der Waals surface area contributed by atoms with E-state index in [1.165, 1.54) is 5.56 Å². The van der Waals surface area contributed by atoms with E-state index in [1.807, 2.05) is 42.1 Å². The minimum atomic E-state index is -0.461. The molecule has 1 aliphatic heterocycles. The van der Waals surface area contributed by atoms with Crippen molar-refractivity contribution in [1.29, 1.82) is 0 Å². The molecular formula is C23H28N2O3. The summed E-state index contributed by atoms with van der Waals surface area (Å²) in [6.07, 6.45) is 3.03. The van der Waals surface area contributed by atoms with Gasteiger partial charge in [0.2, 0.25) is 0 Å². The van der Waals surface area contributed by atoms with Crippen LogP contribution in [-0.4, -0.2) is 50.6 Å². The summed E-state index contributed by atoms with van der Waals surface area (Å²) in [5.41, 5.74) is 2.81. The Morgan fingerprint density at radius 1 is 1.00 bits per heavy atom. The van der Waals surface area contributed by atoms with E-state index in [1.54, 1.807) is 12.1 Å². The first-order chi connectivity index (χ1) is 13.5. The van der Waals surface area contributed by atoms with E-state index in [9.17, 15) is 9.59 Å². The molecule has 3 rings (SSSR count). The van der Waals surface area contributed by atoms with Gasteiger partial charge in [-0.3, -0.25) is 4.79 Å². The number of likely N-dealkylation sites (tertiary alicyclic amines) is 1. The van der Waals surface area contributed by atoms with Gasteiger partial charge in [0.1, 0.15) is 0 Å². The first kappa shape index (κ1) is 19.9. The monoisotopic (exact) mass is 380 g/mol. The molecule has 0 bridgehead atoms. The van der Waals surface area contributed by atoms with Crippen molar-refractivity contribution in [2.24, 2.45) is 5.92 Å². The van der Waals surface area contributed by atoms with E-state index in [0.717, 1.165) is 38.0 Å². The molecule has 2 aromatic carbocycles. The highest BCUT2D eigenvalue weighted by Crippen LogP contribution is 2.22. The van der Waals surface area contributed by atoms with Gasteiger partial charge in [0.05, 0.1) is 5.56 Å². The van der Waals surface area contributed by atoms with Crippen molar-refractivity contribution < 1.29 is 14.3 Å². The molecule has 1 saturated heterocycles. The number of amides is 1. The minimum Gasteiger partial charge on any atom is -0.452 e. The van der Waals surface area contributed by atoms with Crippen molar-refractivity contribution in [3.63, 3.8) is 0 Å². The lowest BCUT2D eigenvalue weighted by molar-refractivity contribution is -0.135. The summed E-state index contributed by atoms with van der Waals surface area (Å²) in [6.45, 7) is 1.26. The Balaban J connectivity index is 1.42. The molecule has 1 fully saturated rings. The number of hydrogen-bond acceptors (Lipinski definition) is 4. The summed E-state index contributed by atoms with van der Waals surface area (Å²) < 4.78 is 5.22. The third-order valence-corrected chi connectivity index (χ3v) is 5.28. The average molecular weight is 380 g/mol. The number of piperidine rings is 1. The number of ether oxygens (including phenoxy) is 1. The van der Waals surface area contributed by atoms with Gasteiger partial charge < -0.3 is 14.5 Å². The summed E-state index contributed by atoms with van der Waals surface area (Å²) in [7, 11) is 3.88. The molecule has 0 spiro atoms. The van der Waals surface area contributed by atoms with Crippen molar-refractivity contribution in [3.8, 4) is 0 Å². The molecule has 0 unspecified atom stereocenters. The van der Waals surface area contributed by atoms with Gasteiger partial charge in [-0.05, 0) is 55.0 Å². The van der Waals surface area contributed by atoms with Gasteiger partial charge in [-0.2, -0.15) is 0 Å². The van der Waals surface area contributed by atoms with Crippen LogP contribution in [0, 0.1) is 5.92 Å². The zero-order valence-electron chi connectivity index (χ0n) is 16.6. The fourth-order valence-corrected chi connectivity index (χ4v) is 3.53. The SMILES string of the molecule is CN(C)c1ccc(C(=O)OCC(=O)N2CCC(Cc3ccccc3)CC2)cc1. The second-order valence-electron chi connectivity index (χ2n) is 7.53. The van der Waals surface area contributed by atoms with Crippen molar-refractivity contribution in [3.05, 3.63) is 65.7 Å². The molecule has 0 radical (unpaired) electrons. The quantitative estimate of drug-likeness (QED) is 0.721. The number of carbonyl (C=O) groups is 2. The van der Waals surface area contributed by atoms with Crippen molar-refractivity contribution in [1.82, 2.24) is 4.90 Å². The molecule has 0 saturated carbocycles. The van der Waals surface area contributed by atoms with Crippen LogP contribution in [-0.2, 0) is 16.0 Å². The Bertz CT molecular complexity index is 779. The predicted octanol–water partition coefficient (Wildman–Crippen LogP) is 3.39. The lowest BCUT2D eigenvalue weighted by atomic mass is 9.90. The summed E-state index contributed by atoms with van der Waals surface area (Å²) in [4.78, 5) is 28.3.